The van der Waals surface area contributed by atoms with Crippen LogP contribution in [-0.2, 0) is 0 Å². The molecule has 5 heteroatoms. The summed E-state index contributed by atoms with van der Waals surface area (Å²) in [7, 11) is 0. The van der Waals surface area contributed by atoms with E-state index in [0.717, 1.165) is 5.69 Å². The van der Waals surface area contributed by atoms with Gasteiger partial charge in [0, 0.05) is 6.20 Å². The highest BCUT2D eigenvalue weighted by Crippen LogP contribution is 2.08. The number of amides is 1. The largest absolute Gasteiger partial charge is 0.394 e. The fraction of sp³-hybridized carbons (Fsp3) is 0.333. The second-order valence-corrected chi connectivity index (χ2v) is 4.99. The van der Waals surface area contributed by atoms with Gasteiger partial charge in [0.15, 0.2) is 5.69 Å². The summed E-state index contributed by atoms with van der Waals surface area (Å²) < 4.78 is 1.65. The number of aliphatic hydroxyl groups is 1. The smallest absolute Gasteiger partial charge is 0.272 e. The highest BCUT2D eigenvalue weighted by atomic mass is 16.3. The third-order valence-electron chi connectivity index (χ3n) is 3.16. The van der Waals surface area contributed by atoms with Gasteiger partial charge < -0.3 is 10.4 Å². The van der Waals surface area contributed by atoms with Gasteiger partial charge in [-0.25, -0.2) is 4.68 Å². The zero-order valence-electron chi connectivity index (χ0n) is 11.7. The van der Waals surface area contributed by atoms with Crippen molar-refractivity contribution in [3.05, 3.63) is 48.3 Å². The molecule has 0 saturated heterocycles. The van der Waals surface area contributed by atoms with E-state index < -0.39 is 0 Å². The van der Waals surface area contributed by atoms with E-state index in [-0.39, 0.29) is 24.5 Å². The standard InChI is InChI=1S/C15H19N3O2/c1-11(2)14(10-19)16-15(20)13-8-9-18(17-13)12-6-4-3-5-7-12/h3-9,11,14,19H,10H2,1-2H3,(H,16,20). The molecular weight excluding hydrogens is 254 g/mol. The maximum atomic E-state index is 12.1. The van der Waals surface area contributed by atoms with Gasteiger partial charge in [-0.2, -0.15) is 5.10 Å². The van der Waals surface area contributed by atoms with Gasteiger partial charge in [-0.15, -0.1) is 0 Å². The van der Waals surface area contributed by atoms with Gasteiger partial charge in [0.05, 0.1) is 18.3 Å². The molecule has 5 nitrogen and oxygen atoms in total. The van der Waals surface area contributed by atoms with Crippen molar-refractivity contribution in [1.29, 1.82) is 0 Å². The molecule has 1 amide bonds. The van der Waals surface area contributed by atoms with Crippen molar-refractivity contribution in [2.45, 2.75) is 19.9 Å². The molecule has 2 N–H and O–H groups in total. The van der Waals surface area contributed by atoms with Crippen LogP contribution in [0.2, 0.25) is 0 Å². The Bertz CT molecular complexity index is 564. The number of hydrogen-bond acceptors (Lipinski definition) is 3. The Morgan fingerprint density at radius 3 is 2.60 bits per heavy atom. The molecule has 20 heavy (non-hydrogen) atoms. The molecule has 1 aromatic heterocycles. The van der Waals surface area contributed by atoms with E-state index in [1.807, 2.05) is 44.2 Å². The van der Waals surface area contributed by atoms with Gasteiger partial charge in [-0.3, -0.25) is 4.79 Å². The molecule has 1 unspecified atom stereocenters. The van der Waals surface area contributed by atoms with Crippen LogP contribution in [0.3, 0.4) is 0 Å². The Morgan fingerprint density at radius 1 is 1.30 bits per heavy atom. The number of rotatable bonds is 5. The number of aliphatic hydroxyl groups excluding tert-OH is 1. The number of benzene rings is 1. The summed E-state index contributed by atoms with van der Waals surface area (Å²) in [5.74, 6) is -0.104. The quantitative estimate of drug-likeness (QED) is 0.870. The maximum Gasteiger partial charge on any atom is 0.272 e. The van der Waals surface area contributed by atoms with Crippen molar-refractivity contribution in [2.24, 2.45) is 5.92 Å². The Morgan fingerprint density at radius 2 is 2.00 bits per heavy atom. The summed E-state index contributed by atoms with van der Waals surface area (Å²) >= 11 is 0. The predicted octanol–water partition coefficient (Wildman–Crippen LogP) is 1.62. The first-order valence-electron chi connectivity index (χ1n) is 6.64. The first-order valence-corrected chi connectivity index (χ1v) is 6.64. The van der Waals surface area contributed by atoms with E-state index in [1.165, 1.54) is 0 Å². The lowest BCUT2D eigenvalue weighted by Gasteiger charge is -2.19. The van der Waals surface area contributed by atoms with Crippen LogP contribution in [0.25, 0.3) is 5.69 Å². The number of carbonyl (C=O) groups excluding carboxylic acids is 1. The van der Waals surface area contributed by atoms with Crippen molar-refractivity contribution in [2.75, 3.05) is 6.61 Å². The summed E-state index contributed by atoms with van der Waals surface area (Å²) in [6.45, 7) is 3.82. The van der Waals surface area contributed by atoms with E-state index in [9.17, 15) is 9.90 Å². The lowest BCUT2D eigenvalue weighted by Crippen LogP contribution is -2.41. The van der Waals surface area contributed by atoms with Crippen LogP contribution in [0.5, 0.6) is 0 Å². The molecule has 0 fully saturated rings. The summed E-state index contributed by atoms with van der Waals surface area (Å²) in [5, 5.41) is 16.3. The van der Waals surface area contributed by atoms with Crippen LogP contribution < -0.4 is 5.32 Å². The number of nitrogens with one attached hydrogen (secondary N) is 1. The third kappa shape index (κ3) is 3.24. The number of carbonyl (C=O) groups is 1. The Kier molecular flexibility index (Phi) is 4.53. The van der Waals surface area contributed by atoms with Crippen molar-refractivity contribution in [3.63, 3.8) is 0 Å². The zero-order valence-corrected chi connectivity index (χ0v) is 11.7. The molecule has 0 aliphatic carbocycles. The van der Waals surface area contributed by atoms with Gasteiger partial charge in [0.2, 0.25) is 0 Å². The minimum absolute atomic E-state index is 0.0806. The fourth-order valence-corrected chi connectivity index (χ4v) is 1.84. The number of nitrogens with zero attached hydrogens (tertiary/aromatic N) is 2. The highest BCUT2D eigenvalue weighted by Gasteiger charge is 2.17. The van der Waals surface area contributed by atoms with Gasteiger partial charge in [0.25, 0.3) is 5.91 Å². The molecule has 1 heterocycles. The minimum atomic E-state index is -0.271. The van der Waals surface area contributed by atoms with Gasteiger partial charge >= 0.3 is 0 Å². The fourth-order valence-electron chi connectivity index (χ4n) is 1.84. The monoisotopic (exact) mass is 273 g/mol. The molecule has 0 bridgehead atoms. The second-order valence-electron chi connectivity index (χ2n) is 4.99. The molecule has 1 atom stereocenters. The van der Waals surface area contributed by atoms with E-state index in [0.29, 0.717) is 5.69 Å². The van der Waals surface area contributed by atoms with Gasteiger partial charge in [-0.05, 0) is 24.1 Å². The maximum absolute atomic E-state index is 12.1. The van der Waals surface area contributed by atoms with Crippen LogP contribution >= 0.6 is 0 Å². The lowest BCUT2D eigenvalue weighted by atomic mass is 10.1. The SMILES string of the molecule is CC(C)C(CO)NC(=O)c1ccn(-c2ccccc2)n1. The molecular formula is C15H19N3O2. The first-order chi connectivity index (χ1) is 9.61. The van der Waals surface area contributed by atoms with Gasteiger partial charge in [-0.1, -0.05) is 32.0 Å². The summed E-state index contributed by atoms with van der Waals surface area (Å²) in [4.78, 5) is 12.1. The molecule has 0 aliphatic rings. The molecule has 2 rings (SSSR count). The zero-order chi connectivity index (χ0) is 14.5. The van der Waals surface area contributed by atoms with Crippen molar-refractivity contribution in [1.82, 2.24) is 15.1 Å². The number of para-hydroxylation sites is 1. The average molecular weight is 273 g/mol. The molecule has 1 aromatic carbocycles. The average Bonchev–Trinajstić information content (AvgIpc) is 2.95. The first kappa shape index (κ1) is 14.3. The Balaban J connectivity index is 2.11. The van der Waals surface area contributed by atoms with Crippen LogP contribution in [0.15, 0.2) is 42.6 Å². The van der Waals surface area contributed by atoms with Crippen LogP contribution in [0, 0.1) is 5.92 Å². The van der Waals surface area contributed by atoms with Crippen LogP contribution in [0.1, 0.15) is 24.3 Å². The van der Waals surface area contributed by atoms with Crippen LogP contribution in [-0.4, -0.2) is 33.4 Å². The molecule has 2 aromatic rings. The summed E-state index contributed by atoms with van der Waals surface area (Å²) in [6, 6.07) is 11.0. The van der Waals surface area contributed by atoms with E-state index >= 15 is 0 Å². The van der Waals surface area contributed by atoms with Crippen molar-refractivity contribution >= 4 is 5.91 Å². The number of aromatic nitrogens is 2. The Hall–Kier alpha value is -2.14. The Labute approximate surface area is 118 Å². The van der Waals surface area contributed by atoms with E-state index in [4.69, 9.17) is 0 Å². The molecule has 106 valence electrons. The molecule has 0 radical (unpaired) electrons. The molecule has 0 spiro atoms. The third-order valence-corrected chi connectivity index (χ3v) is 3.16. The van der Waals surface area contributed by atoms with Crippen molar-refractivity contribution in [3.8, 4) is 5.69 Å². The van der Waals surface area contributed by atoms with E-state index in [1.54, 1.807) is 16.9 Å². The van der Waals surface area contributed by atoms with Crippen LogP contribution in [0.4, 0.5) is 0 Å². The summed E-state index contributed by atoms with van der Waals surface area (Å²) in [5.41, 5.74) is 1.24. The van der Waals surface area contributed by atoms with Gasteiger partial charge in [0.1, 0.15) is 0 Å². The normalized spacial score (nSPS) is 12.4. The highest BCUT2D eigenvalue weighted by molar-refractivity contribution is 5.92. The summed E-state index contributed by atoms with van der Waals surface area (Å²) in [6.07, 6.45) is 1.74. The van der Waals surface area contributed by atoms with E-state index in [2.05, 4.69) is 10.4 Å². The molecule has 0 saturated carbocycles. The second kappa shape index (κ2) is 6.34. The minimum Gasteiger partial charge on any atom is -0.394 e. The van der Waals surface area contributed by atoms with Crippen molar-refractivity contribution < 1.29 is 9.90 Å². The molecule has 0 aliphatic heterocycles. The lowest BCUT2D eigenvalue weighted by molar-refractivity contribution is 0.0891. The topological polar surface area (TPSA) is 67.2 Å². The predicted molar refractivity (Wildman–Crippen MR) is 76.7 cm³/mol. The number of hydrogen-bond donors (Lipinski definition) is 2.